The average Bonchev–Trinajstić information content (AvgIpc) is 2.87. The van der Waals surface area contributed by atoms with E-state index in [1.54, 1.807) is 12.3 Å². The molecular formula is C14H10N4O4. The number of benzene rings is 1. The van der Waals surface area contributed by atoms with Gasteiger partial charge in [0.1, 0.15) is 5.69 Å². The number of nitrogens with one attached hydrogen (secondary N) is 3. The van der Waals surface area contributed by atoms with Crippen molar-refractivity contribution in [3.05, 3.63) is 72.7 Å². The number of H-pyrrole nitrogens is 3. The first-order valence-corrected chi connectivity index (χ1v) is 6.31. The maximum absolute atomic E-state index is 11.5. The van der Waals surface area contributed by atoms with Crippen LogP contribution < -0.4 is 11.2 Å². The zero-order valence-electron chi connectivity index (χ0n) is 11.1. The van der Waals surface area contributed by atoms with Crippen LogP contribution in [-0.2, 0) is 0 Å². The minimum atomic E-state index is -1.03. The maximum Gasteiger partial charge on any atom is 0.357 e. The van der Waals surface area contributed by atoms with Gasteiger partial charge in [0.25, 0.3) is 0 Å². The minimum absolute atomic E-state index is 0.149. The fourth-order valence-electron chi connectivity index (χ4n) is 2.20. The van der Waals surface area contributed by atoms with Crippen LogP contribution >= 0.6 is 0 Å². The SMILES string of the molecule is O=c1[nH]c(C=Cc2c[nH]c3ccccc23)c([N+](=O)[O-])c(=O)[nH]1. The molecule has 2 heterocycles. The summed E-state index contributed by atoms with van der Waals surface area (Å²) >= 11 is 0. The molecule has 0 aliphatic heterocycles. The fraction of sp³-hybridized carbons (Fsp3) is 0. The summed E-state index contributed by atoms with van der Waals surface area (Å²) in [7, 11) is 0. The quantitative estimate of drug-likeness (QED) is 0.502. The first-order chi connectivity index (χ1) is 10.6. The van der Waals surface area contributed by atoms with E-state index in [1.165, 1.54) is 6.08 Å². The van der Waals surface area contributed by atoms with Crippen LogP contribution in [0.1, 0.15) is 11.3 Å². The largest absolute Gasteiger partial charge is 0.361 e. The lowest BCUT2D eigenvalue weighted by Crippen LogP contribution is -2.25. The topological polar surface area (TPSA) is 125 Å². The number of rotatable bonds is 3. The zero-order chi connectivity index (χ0) is 15.7. The molecule has 3 rings (SSSR count). The third kappa shape index (κ3) is 2.33. The minimum Gasteiger partial charge on any atom is -0.361 e. The molecular weight excluding hydrogens is 288 g/mol. The van der Waals surface area contributed by atoms with Gasteiger partial charge in [0, 0.05) is 17.1 Å². The number of nitrogens with zero attached hydrogens (tertiary/aromatic N) is 1. The molecule has 110 valence electrons. The molecule has 0 fully saturated rings. The van der Waals surface area contributed by atoms with Crippen molar-refractivity contribution in [3.63, 3.8) is 0 Å². The number of aromatic amines is 3. The second kappa shape index (κ2) is 5.17. The summed E-state index contributed by atoms with van der Waals surface area (Å²) in [6, 6.07) is 7.53. The highest BCUT2D eigenvalue weighted by Crippen LogP contribution is 2.20. The van der Waals surface area contributed by atoms with Crippen LogP contribution in [0, 0.1) is 10.1 Å². The molecule has 0 unspecified atom stereocenters. The Bertz CT molecular complexity index is 1010. The normalized spacial score (nSPS) is 11.3. The zero-order valence-corrected chi connectivity index (χ0v) is 11.1. The van der Waals surface area contributed by atoms with Gasteiger partial charge in [0.05, 0.1) is 4.92 Å². The summed E-state index contributed by atoms with van der Waals surface area (Å²) in [4.78, 5) is 40.1. The van der Waals surface area contributed by atoms with E-state index in [-0.39, 0.29) is 5.69 Å². The smallest absolute Gasteiger partial charge is 0.357 e. The highest BCUT2D eigenvalue weighted by atomic mass is 16.6. The average molecular weight is 298 g/mol. The molecule has 0 aliphatic rings. The van der Waals surface area contributed by atoms with Gasteiger partial charge in [-0.3, -0.25) is 19.9 Å². The summed E-state index contributed by atoms with van der Waals surface area (Å²) in [5, 5.41) is 11.9. The van der Waals surface area contributed by atoms with E-state index in [1.807, 2.05) is 29.2 Å². The van der Waals surface area contributed by atoms with Crippen LogP contribution in [0.3, 0.4) is 0 Å². The highest BCUT2D eigenvalue weighted by molar-refractivity contribution is 5.91. The van der Waals surface area contributed by atoms with Crippen LogP contribution in [0.15, 0.2) is 40.1 Å². The van der Waals surface area contributed by atoms with Gasteiger partial charge >= 0.3 is 16.9 Å². The molecule has 8 nitrogen and oxygen atoms in total. The Morgan fingerprint density at radius 1 is 1.09 bits per heavy atom. The van der Waals surface area contributed by atoms with Crippen molar-refractivity contribution in [1.82, 2.24) is 15.0 Å². The number of hydrogen-bond acceptors (Lipinski definition) is 4. The molecule has 0 radical (unpaired) electrons. The fourth-order valence-corrected chi connectivity index (χ4v) is 2.20. The van der Waals surface area contributed by atoms with Gasteiger partial charge in [0.2, 0.25) is 0 Å². The van der Waals surface area contributed by atoms with Crippen molar-refractivity contribution >= 4 is 28.7 Å². The number of para-hydroxylation sites is 1. The molecule has 8 heteroatoms. The Balaban J connectivity index is 2.12. The van der Waals surface area contributed by atoms with Gasteiger partial charge in [-0.25, -0.2) is 4.79 Å². The van der Waals surface area contributed by atoms with Gasteiger partial charge in [-0.1, -0.05) is 24.3 Å². The molecule has 22 heavy (non-hydrogen) atoms. The third-order valence-electron chi connectivity index (χ3n) is 3.18. The Labute approximate surface area is 122 Å². The molecule has 0 amide bonds. The van der Waals surface area contributed by atoms with Crippen molar-refractivity contribution < 1.29 is 4.92 Å². The monoisotopic (exact) mass is 298 g/mol. The summed E-state index contributed by atoms with van der Waals surface area (Å²) in [6.07, 6.45) is 4.67. The lowest BCUT2D eigenvalue weighted by Gasteiger charge is -1.96. The van der Waals surface area contributed by atoms with Gasteiger partial charge in [-0.05, 0) is 17.7 Å². The standard InChI is InChI=1S/C14H10N4O4/c19-13-12(18(21)22)11(16-14(20)17-13)6-5-8-7-15-10-4-2-1-3-9(8)10/h1-7,15H,(H2,16,17,19,20). The molecule has 2 aromatic heterocycles. The summed E-state index contributed by atoms with van der Waals surface area (Å²) in [5.41, 5.74) is -0.983. The van der Waals surface area contributed by atoms with E-state index >= 15 is 0 Å². The van der Waals surface area contributed by atoms with Gasteiger partial charge < -0.3 is 9.97 Å². The number of fused-ring (bicyclic) bond motifs is 1. The van der Waals surface area contributed by atoms with Crippen molar-refractivity contribution in [3.8, 4) is 0 Å². The van der Waals surface area contributed by atoms with Crippen molar-refractivity contribution in [2.45, 2.75) is 0 Å². The summed E-state index contributed by atoms with van der Waals surface area (Å²) in [5.74, 6) is 0. The summed E-state index contributed by atoms with van der Waals surface area (Å²) < 4.78 is 0. The van der Waals surface area contributed by atoms with Crippen LogP contribution in [0.25, 0.3) is 23.1 Å². The van der Waals surface area contributed by atoms with Gasteiger partial charge in [0.15, 0.2) is 0 Å². The Morgan fingerprint density at radius 2 is 1.86 bits per heavy atom. The molecule has 0 saturated heterocycles. The first kappa shape index (κ1) is 13.6. The van der Waals surface area contributed by atoms with Crippen molar-refractivity contribution in [2.24, 2.45) is 0 Å². The van der Waals surface area contributed by atoms with E-state index in [0.29, 0.717) is 0 Å². The van der Waals surface area contributed by atoms with Crippen LogP contribution in [0.5, 0.6) is 0 Å². The van der Waals surface area contributed by atoms with E-state index in [2.05, 4.69) is 9.97 Å². The Hall–Kier alpha value is -3.42. The lowest BCUT2D eigenvalue weighted by molar-refractivity contribution is -0.386. The highest BCUT2D eigenvalue weighted by Gasteiger charge is 2.18. The molecule has 3 N–H and O–H groups in total. The third-order valence-corrected chi connectivity index (χ3v) is 3.18. The van der Waals surface area contributed by atoms with E-state index in [4.69, 9.17) is 0 Å². The first-order valence-electron chi connectivity index (χ1n) is 6.31. The van der Waals surface area contributed by atoms with Crippen molar-refractivity contribution in [2.75, 3.05) is 0 Å². The predicted molar refractivity (Wildman–Crippen MR) is 81.6 cm³/mol. The summed E-state index contributed by atoms with van der Waals surface area (Å²) in [6.45, 7) is 0. The number of aromatic nitrogens is 3. The van der Waals surface area contributed by atoms with Crippen LogP contribution in [0.2, 0.25) is 0 Å². The van der Waals surface area contributed by atoms with Crippen LogP contribution in [-0.4, -0.2) is 19.9 Å². The predicted octanol–water partition coefficient (Wildman–Crippen LogP) is 1.62. The molecule has 0 aliphatic carbocycles. The molecule has 1 aromatic carbocycles. The van der Waals surface area contributed by atoms with Crippen LogP contribution in [0.4, 0.5) is 5.69 Å². The van der Waals surface area contributed by atoms with E-state index in [0.717, 1.165) is 16.5 Å². The number of nitro groups is 1. The molecule has 0 saturated carbocycles. The lowest BCUT2D eigenvalue weighted by atomic mass is 10.1. The molecule has 0 spiro atoms. The van der Waals surface area contributed by atoms with E-state index in [9.17, 15) is 19.7 Å². The maximum atomic E-state index is 11.5. The number of hydrogen-bond donors (Lipinski definition) is 3. The molecule has 3 aromatic rings. The second-order valence-electron chi connectivity index (χ2n) is 4.55. The Kier molecular flexibility index (Phi) is 3.18. The molecule has 0 atom stereocenters. The molecule has 0 bridgehead atoms. The van der Waals surface area contributed by atoms with E-state index < -0.39 is 21.9 Å². The Morgan fingerprint density at radius 3 is 2.64 bits per heavy atom. The van der Waals surface area contributed by atoms with Crippen molar-refractivity contribution in [1.29, 1.82) is 0 Å². The van der Waals surface area contributed by atoms with Gasteiger partial charge in [-0.15, -0.1) is 0 Å². The second-order valence-corrected chi connectivity index (χ2v) is 4.55. The van der Waals surface area contributed by atoms with Gasteiger partial charge in [-0.2, -0.15) is 0 Å².